The lowest BCUT2D eigenvalue weighted by molar-refractivity contribution is -0.140. The average Bonchev–Trinajstić information content (AvgIpc) is 3.22. The van der Waals surface area contributed by atoms with Crippen LogP contribution in [-0.2, 0) is 17.8 Å². The van der Waals surface area contributed by atoms with Crippen molar-refractivity contribution in [2.75, 3.05) is 19.6 Å². The Morgan fingerprint density at radius 3 is 2.46 bits per heavy atom. The van der Waals surface area contributed by atoms with Crippen LogP contribution in [0.15, 0.2) is 79.1 Å². The summed E-state index contributed by atoms with van der Waals surface area (Å²) in [6.07, 6.45) is 6.05. The number of amides is 2. The third-order valence-corrected chi connectivity index (χ3v) is 8.07. The van der Waals surface area contributed by atoms with E-state index in [-0.39, 0.29) is 23.1 Å². The summed E-state index contributed by atoms with van der Waals surface area (Å²) in [5.41, 5.74) is 4.10. The SMILES string of the molecule is O=C(NCCc1ccncc1)C1CC2(C1)CN(C(=O)c1cc3ccccc3n1Cc1ccc(Cl)cc1)C2. The summed E-state index contributed by atoms with van der Waals surface area (Å²) in [6.45, 7) is 2.67. The molecule has 0 unspecified atom stereocenters. The van der Waals surface area contributed by atoms with E-state index in [9.17, 15) is 9.59 Å². The molecule has 6 rings (SSSR count). The second-order valence-electron chi connectivity index (χ2n) is 10.5. The minimum absolute atomic E-state index is 0.0473. The lowest BCUT2D eigenvalue weighted by atomic mass is 9.57. The summed E-state index contributed by atoms with van der Waals surface area (Å²) in [4.78, 5) is 32.1. The molecule has 2 fully saturated rings. The molecule has 0 radical (unpaired) electrons. The maximum absolute atomic E-state index is 13.6. The molecule has 1 saturated carbocycles. The fourth-order valence-corrected chi connectivity index (χ4v) is 5.98. The van der Waals surface area contributed by atoms with Crippen molar-refractivity contribution in [2.24, 2.45) is 11.3 Å². The maximum Gasteiger partial charge on any atom is 0.270 e. The minimum atomic E-state index is 0.0473. The van der Waals surface area contributed by atoms with Crippen LogP contribution in [0.4, 0.5) is 0 Å². The summed E-state index contributed by atoms with van der Waals surface area (Å²) in [5, 5.41) is 4.83. The Labute approximate surface area is 221 Å². The van der Waals surface area contributed by atoms with Crippen molar-refractivity contribution < 1.29 is 9.59 Å². The van der Waals surface area contributed by atoms with Crippen LogP contribution in [0.1, 0.15) is 34.5 Å². The zero-order chi connectivity index (χ0) is 25.4. The number of fused-ring (bicyclic) bond motifs is 1. The zero-order valence-corrected chi connectivity index (χ0v) is 21.3. The molecule has 1 aliphatic carbocycles. The fraction of sp³-hybridized carbons (Fsp3) is 0.300. The summed E-state index contributed by atoms with van der Waals surface area (Å²) < 4.78 is 2.10. The Hall–Kier alpha value is -3.64. The highest BCUT2D eigenvalue weighted by Gasteiger charge is 2.55. The van der Waals surface area contributed by atoms with Crippen molar-refractivity contribution in [1.29, 1.82) is 0 Å². The molecular formula is C30H29ClN4O2. The van der Waals surface area contributed by atoms with Crippen molar-refractivity contribution in [3.05, 3.63) is 101 Å². The van der Waals surface area contributed by atoms with E-state index >= 15 is 0 Å². The largest absolute Gasteiger partial charge is 0.356 e. The number of benzene rings is 2. The number of para-hydroxylation sites is 1. The molecule has 0 bridgehead atoms. The number of carbonyl (C=O) groups excluding carboxylic acids is 2. The molecule has 0 atom stereocenters. The van der Waals surface area contributed by atoms with Gasteiger partial charge in [0.1, 0.15) is 5.69 Å². The van der Waals surface area contributed by atoms with Crippen LogP contribution >= 0.6 is 11.6 Å². The van der Waals surface area contributed by atoms with Crippen molar-refractivity contribution in [3.8, 4) is 0 Å². The third kappa shape index (κ3) is 4.74. The Balaban J connectivity index is 1.07. The zero-order valence-electron chi connectivity index (χ0n) is 20.6. The van der Waals surface area contributed by atoms with Crippen LogP contribution in [0.25, 0.3) is 10.9 Å². The van der Waals surface area contributed by atoms with Gasteiger partial charge in [-0.1, -0.05) is 41.9 Å². The fourth-order valence-electron chi connectivity index (χ4n) is 5.85. The molecule has 1 N–H and O–H groups in total. The highest BCUT2D eigenvalue weighted by Crippen LogP contribution is 2.52. The molecule has 2 amide bonds. The van der Waals surface area contributed by atoms with E-state index in [2.05, 4.69) is 20.9 Å². The van der Waals surface area contributed by atoms with Gasteiger partial charge in [0, 0.05) is 65.8 Å². The Morgan fingerprint density at radius 1 is 0.973 bits per heavy atom. The lowest BCUT2D eigenvalue weighted by Gasteiger charge is -2.58. The van der Waals surface area contributed by atoms with Crippen molar-refractivity contribution >= 4 is 34.3 Å². The molecule has 2 aromatic heterocycles. The van der Waals surface area contributed by atoms with E-state index < -0.39 is 0 Å². The van der Waals surface area contributed by atoms with Gasteiger partial charge < -0.3 is 14.8 Å². The van der Waals surface area contributed by atoms with Crippen molar-refractivity contribution in [1.82, 2.24) is 19.8 Å². The highest BCUT2D eigenvalue weighted by atomic mass is 35.5. The van der Waals surface area contributed by atoms with Crippen LogP contribution in [0.3, 0.4) is 0 Å². The lowest BCUT2D eigenvalue weighted by Crippen LogP contribution is -2.65. The van der Waals surface area contributed by atoms with Gasteiger partial charge in [0.25, 0.3) is 5.91 Å². The molecule has 2 aromatic carbocycles. The third-order valence-electron chi connectivity index (χ3n) is 7.82. The Bertz CT molecular complexity index is 1430. The molecule has 7 heteroatoms. The van der Waals surface area contributed by atoms with E-state index in [1.54, 1.807) is 12.4 Å². The molecule has 4 aromatic rings. The number of hydrogen-bond donors (Lipinski definition) is 1. The predicted molar refractivity (Wildman–Crippen MR) is 145 cm³/mol. The Morgan fingerprint density at radius 2 is 1.70 bits per heavy atom. The van der Waals surface area contributed by atoms with E-state index in [0.717, 1.165) is 48.8 Å². The first-order valence-electron chi connectivity index (χ1n) is 12.8. The second-order valence-corrected chi connectivity index (χ2v) is 10.9. The molecule has 37 heavy (non-hydrogen) atoms. The topological polar surface area (TPSA) is 67.2 Å². The number of halogens is 1. The first kappa shape index (κ1) is 23.7. The molecule has 2 aliphatic rings. The van der Waals surface area contributed by atoms with Gasteiger partial charge >= 0.3 is 0 Å². The van der Waals surface area contributed by atoms with Crippen LogP contribution in [-0.4, -0.2) is 45.9 Å². The minimum Gasteiger partial charge on any atom is -0.356 e. The number of pyridine rings is 1. The molecule has 1 spiro atoms. The smallest absolute Gasteiger partial charge is 0.270 e. The van der Waals surface area contributed by atoms with E-state index in [1.807, 2.05) is 65.6 Å². The monoisotopic (exact) mass is 512 g/mol. The second kappa shape index (κ2) is 9.67. The molecule has 6 nitrogen and oxygen atoms in total. The number of hydrogen-bond acceptors (Lipinski definition) is 3. The van der Waals surface area contributed by atoms with E-state index in [0.29, 0.717) is 23.8 Å². The van der Waals surface area contributed by atoms with E-state index in [1.165, 1.54) is 5.56 Å². The van der Waals surface area contributed by atoms with Crippen LogP contribution in [0.5, 0.6) is 0 Å². The average molecular weight is 513 g/mol. The van der Waals surface area contributed by atoms with Gasteiger partial charge in [0.15, 0.2) is 0 Å². The van der Waals surface area contributed by atoms with Crippen molar-refractivity contribution in [2.45, 2.75) is 25.8 Å². The predicted octanol–water partition coefficient (Wildman–Crippen LogP) is 4.95. The van der Waals surface area contributed by atoms with Crippen LogP contribution < -0.4 is 5.32 Å². The quantitative estimate of drug-likeness (QED) is 0.381. The van der Waals surface area contributed by atoms with Gasteiger partial charge in [-0.05, 0) is 66.8 Å². The summed E-state index contributed by atoms with van der Waals surface area (Å²) >= 11 is 6.07. The first-order valence-corrected chi connectivity index (χ1v) is 13.2. The van der Waals surface area contributed by atoms with Crippen LogP contribution in [0.2, 0.25) is 5.02 Å². The summed E-state index contributed by atoms with van der Waals surface area (Å²) in [5.74, 6) is 0.236. The van der Waals surface area contributed by atoms with Gasteiger partial charge in [-0.3, -0.25) is 14.6 Å². The van der Waals surface area contributed by atoms with Gasteiger partial charge in [-0.15, -0.1) is 0 Å². The highest BCUT2D eigenvalue weighted by molar-refractivity contribution is 6.30. The number of nitrogens with zero attached hydrogens (tertiary/aromatic N) is 3. The number of likely N-dealkylation sites (tertiary alicyclic amines) is 1. The number of nitrogens with one attached hydrogen (secondary N) is 1. The van der Waals surface area contributed by atoms with E-state index in [4.69, 9.17) is 11.6 Å². The molecule has 188 valence electrons. The molecule has 3 heterocycles. The Kier molecular flexibility index (Phi) is 6.21. The van der Waals surface area contributed by atoms with Gasteiger partial charge in [-0.2, -0.15) is 0 Å². The first-order chi connectivity index (χ1) is 18.0. The number of carbonyl (C=O) groups is 2. The summed E-state index contributed by atoms with van der Waals surface area (Å²) in [7, 11) is 0. The maximum atomic E-state index is 13.6. The van der Waals surface area contributed by atoms with Gasteiger partial charge in [0.05, 0.1) is 0 Å². The van der Waals surface area contributed by atoms with Crippen LogP contribution in [0, 0.1) is 11.3 Å². The van der Waals surface area contributed by atoms with Gasteiger partial charge in [0.2, 0.25) is 5.91 Å². The van der Waals surface area contributed by atoms with Gasteiger partial charge in [-0.25, -0.2) is 0 Å². The van der Waals surface area contributed by atoms with Crippen molar-refractivity contribution in [3.63, 3.8) is 0 Å². The number of aromatic nitrogens is 2. The number of rotatable bonds is 7. The molecular weight excluding hydrogens is 484 g/mol. The summed E-state index contributed by atoms with van der Waals surface area (Å²) in [6, 6.07) is 21.8. The standard InChI is InChI=1S/C30H29ClN4O2/c31-25-7-5-22(6-8-25)18-35-26-4-2-1-3-23(26)15-27(35)29(37)34-19-30(20-34)16-24(17-30)28(36)33-14-11-21-9-12-32-13-10-21/h1-10,12-13,15,24H,11,14,16-20H2,(H,33,36). The molecule has 1 aliphatic heterocycles. The molecule has 1 saturated heterocycles. The normalized spacial score (nSPS) is 16.4.